The van der Waals surface area contributed by atoms with Gasteiger partial charge in [-0.3, -0.25) is 9.78 Å². The summed E-state index contributed by atoms with van der Waals surface area (Å²) in [5.74, 6) is 0.969. The molecule has 35 heavy (non-hydrogen) atoms. The van der Waals surface area contributed by atoms with Crippen molar-refractivity contribution < 1.29 is 9.53 Å². The molecule has 3 aliphatic heterocycles. The Labute approximate surface area is 206 Å². The summed E-state index contributed by atoms with van der Waals surface area (Å²) < 4.78 is 7.58. The van der Waals surface area contributed by atoms with Gasteiger partial charge in [0.15, 0.2) is 0 Å². The van der Waals surface area contributed by atoms with Gasteiger partial charge in [-0.15, -0.1) is 0 Å². The summed E-state index contributed by atoms with van der Waals surface area (Å²) in [6, 6.07) is 4.59. The zero-order valence-corrected chi connectivity index (χ0v) is 20.3. The number of rotatable bonds is 3. The molecule has 1 aliphatic carbocycles. The molecule has 0 bridgehead atoms. The van der Waals surface area contributed by atoms with Gasteiger partial charge in [0.1, 0.15) is 12.1 Å². The summed E-state index contributed by atoms with van der Waals surface area (Å²) in [5.41, 5.74) is 3.64. The second-order valence-corrected chi connectivity index (χ2v) is 10.8. The topological polar surface area (TPSA) is 96.1 Å². The highest BCUT2D eigenvalue weighted by Gasteiger charge is 2.37. The van der Waals surface area contributed by atoms with Crippen LogP contribution < -0.4 is 10.2 Å². The van der Waals surface area contributed by atoms with Crippen molar-refractivity contribution in [3.8, 4) is 11.8 Å². The molecule has 5 heterocycles. The van der Waals surface area contributed by atoms with Gasteiger partial charge in [-0.1, -0.05) is 19.3 Å². The lowest BCUT2D eigenvalue weighted by atomic mass is 9.72. The first kappa shape index (κ1) is 22.5. The van der Waals surface area contributed by atoms with Crippen molar-refractivity contribution in [3.63, 3.8) is 0 Å². The SMILES string of the molecule is N#C[C@H]1CCCCC[C@H]1c1cc(-n2cnc(N3CCC4(CCOCC4)CC3)c2)c2c(n1)CNC2=O. The minimum Gasteiger partial charge on any atom is -0.381 e. The molecule has 6 rings (SSSR count). The van der Waals surface area contributed by atoms with E-state index in [9.17, 15) is 10.1 Å². The second kappa shape index (κ2) is 9.27. The summed E-state index contributed by atoms with van der Waals surface area (Å²) in [4.78, 5) is 24.8. The molecule has 2 atom stereocenters. The van der Waals surface area contributed by atoms with E-state index < -0.39 is 0 Å². The first-order valence-electron chi connectivity index (χ1n) is 13.2. The third kappa shape index (κ3) is 4.20. The van der Waals surface area contributed by atoms with Crippen LogP contribution in [0, 0.1) is 22.7 Å². The number of imidazole rings is 1. The van der Waals surface area contributed by atoms with Gasteiger partial charge in [0.2, 0.25) is 0 Å². The van der Waals surface area contributed by atoms with Crippen LogP contribution in [-0.2, 0) is 11.3 Å². The van der Waals surface area contributed by atoms with Crippen LogP contribution in [-0.4, -0.2) is 46.7 Å². The van der Waals surface area contributed by atoms with Gasteiger partial charge in [0.05, 0.1) is 41.7 Å². The highest BCUT2D eigenvalue weighted by atomic mass is 16.5. The minimum absolute atomic E-state index is 0.0230. The molecule has 8 heteroatoms. The maximum Gasteiger partial charge on any atom is 0.255 e. The fraction of sp³-hybridized carbons (Fsp3) is 0.630. The summed E-state index contributed by atoms with van der Waals surface area (Å²) in [6.07, 6.45) is 13.9. The predicted molar refractivity (Wildman–Crippen MR) is 131 cm³/mol. The molecule has 4 aliphatic rings. The highest BCUT2D eigenvalue weighted by Crippen LogP contribution is 2.42. The fourth-order valence-electron chi connectivity index (χ4n) is 6.56. The normalized spacial score (nSPS) is 26.1. The summed E-state index contributed by atoms with van der Waals surface area (Å²) in [5, 5.41) is 12.8. The number of ether oxygens (including phenoxy) is 1. The minimum atomic E-state index is -0.0820. The second-order valence-electron chi connectivity index (χ2n) is 10.8. The molecular formula is C27H34N6O2. The predicted octanol–water partition coefficient (Wildman–Crippen LogP) is 4.10. The number of aromatic nitrogens is 3. The maximum absolute atomic E-state index is 12.7. The van der Waals surface area contributed by atoms with Crippen LogP contribution >= 0.6 is 0 Å². The first-order valence-corrected chi connectivity index (χ1v) is 13.2. The van der Waals surface area contributed by atoms with Crippen LogP contribution in [0.25, 0.3) is 5.69 Å². The van der Waals surface area contributed by atoms with Crippen molar-refractivity contribution in [3.05, 3.63) is 35.5 Å². The average Bonchev–Trinajstić information content (AvgIpc) is 3.45. The Morgan fingerprint density at radius 1 is 1.11 bits per heavy atom. The molecule has 8 nitrogen and oxygen atoms in total. The van der Waals surface area contributed by atoms with Crippen LogP contribution in [0.2, 0.25) is 0 Å². The third-order valence-corrected chi connectivity index (χ3v) is 8.85. The van der Waals surface area contributed by atoms with Gasteiger partial charge < -0.3 is 19.5 Å². The zero-order valence-electron chi connectivity index (χ0n) is 20.3. The molecule has 1 saturated carbocycles. The molecule has 2 saturated heterocycles. The van der Waals surface area contributed by atoms with Gasteiger partial charge in [-0.2, -0.15) is 5.26 Å². The molecule has 0 aromatic carbocycles. The highest BCUT2D eigenvalue weighted by molar-refractivity contribution is 6.01. The lowest BCUT2D eigenvalue weighted by Crippen LogP contribution is -2.43. The quantitative estimate of drug-likeness (QED) is 0.673. The third-order valence-electron chi connectivity index (χ3n) is 8.85. The van der Waals surface area contributed by atoms with Crippen LogP contribution in [0.1, 0.15) is 85.5 Å². The Bertz CT molecular complexity index is 1140. The van der Waals surface area contributed by atoms with Gasteiger partial charge in [-0.25, -0.2) is 4.98 Å². The largest absolute Gasteiger partial charge is 0.381 e. The van der Waals surface area contributed by atoms with Crippen molar-refractivity contribution in [1.82, 2.24) is 19.9 Å². The molecule has 0 radical (unpaired) electrons. The molecule has 0 unspecified atom stereocenters. The molecule has 1 N–H and O–H groups in total. The Balaban J connectivity index is 1.29. The van der Waals surface area contributed by atoms with Crippen molar-refractivity contribution in [2.75, 3.05) is 31.2 Å². The molecule has 2 aromatic rings. The van der Waals surface area contributed by atoms with E-state index in [-0.39, 0.29) is 17.7 Å². The summed E-state index contributed by atoms with van der Waals surface area (Å²) >= 11 is 0. The lowest BCUT2D eigenvalue weighted by molar-refractivity contribution is 0.00206. The number of nitrogens with one attached hydrogen (secondary N) is 1. The smallest absolute Gasteiger partial charge is 0.255 e. The molecular weight excluding hydrogens is 440 g/mol. The monoisotopic (exact) mass is 474 g/mol. The number of anilines is 1. The molecule has 2 aromatic heterocycles. The van der Waals surface area contributed by atoms with E-state index in [4.69, 9.17) is 14.7 Å². The molecule has 184 valence electrons. The number of fused-ring (bicyclic) bond motifs is 1. The lowest BCUT2D eigenvalue weighted by Gasteiger charge is -2.44. The van der Waals surface area contributed by atoms with E-state index in [1.165, 1.54) is 32.1 Å². The van der Waals surface area contributed by atoms with Crippen LogP contribution in [0.5, 0.6) is 0 Å². The van der Waals surface area contributed by atoms with Crippen molar-refractivity contribution >= 4 is 11.7 Å². The Hall–Kier alpha value is -2.92. The Morgan fingerprint density at radius 2 is 1.91 bits per heavy atom. The number of amides is 1. The van der Waals surface area contributed by atoms with Crippen LogP contribution in [0.4, 0.5) is 5.82 Å². The summed E-state index contributed by atoms with van der Waals surface area (Å²) in [7, 11) is 0. The van der Waals surface area contributed by atoms with Crippen molar-refractivity contribution in [2.24, 2.45) is 11.3 Å². The molecule has 1 spiro atoms. The molecule has 3 fully saturated rings. The first-order chi connectivity index (χ1) is 17.2. The number of carbonyl (C=O) groups is 1. The number of nitriles is 1. The van der Waals surface area contributed by atoms with E-state index in [1.807, 2.05) is 17.0 Å². The fourth-order valence-corrected chi connectivity index (χ4v) is 6.56. The summed E-state index contributed by atoms with van der Waals surface area (Å²) in [6.45, 7) is 4.23. The average molecular weight is 475 g/mol. The number of nitrogens with zero attached hydrogens (tertiary/aromatic N) is 5. The van der Waals surface area contributed by atoms with Gasteiger partial charge >= 0.3 is 0 Å². The van der Waals surface area contributed by atoms with E-state index in [0.717, 1.165) is 74.9 Å². The maximum atomic E-state index is 12.7. The van der Waals surface area contributed by atoms with Crippen molar-refractivity contribution in [2.45, 2.75) is 70.3 Å². The van der Waals surface area contributed by atoms with E-state index in [0.29, 0.717) is 17.5 Å². The van der Waals surface area contributed by atoms with Crippen molar-refractivity contribution in [1.29, 1.82) is 5.26 Å². The number of hydrogen-bond acceptors (Lipinski definition) is 6. The number of piperidine rings is 1. The molecule has 1 amide bonds. The van der Waals surface area contributed by atoms with E-state index in [1.54, 1.807) is 0 Å². The number of pyridine rings is 1. The van der Waals surface area contributed by atoms with E-state index in [2.05, 4.69) is 22.5 Å². The standard InChI is InChI=1S/C27H34N6O2/c28-15-19-4-2-1-3-5-20(19)21-14-23(25-22(31-21)16-29-26(25)34)33-17-24(30-18-33)32-10-6-27(7-11-32)8-12-35-13-9-27/h14,17-20H,1-13,16H2,(H,29,34)/t19-,20-/m1/s1. The van der Waals surface area contributed by atoms with Crippen LogP contribution in [0.3, 0.4) is 0 Å². The van der Waals surface area contributed by atoms with Gasteiger partial charge in [-0.05, 0) is 50.0 Å². The van der Waals surface area contributed by atoms with E-state index >= 15 is 0 Å². The number of carbonyl (C=O) groups excluding carboxylic acids is 1. The van der Waals surface area contributed by atoms with Gasteiger partial charge in [0.25, 0.3) is 5.91 Å². The van der Waals surface area contributed by atoms with Crippen LogP contribution in [0.15, 0.2) is 18.6 Å². The Kier molecular flexibility index (Phi) is 5.97. The zero-order chi connectivity index (χ0) is 23.8. The number of hydrogen-bond donors (Lipinski definition) is 1. The Morgan fingerprint density at radius 3 is 2.71 bits per heavy atom. The van der Waals surface area contributed by atoms with Gasteiger partial charge in [0, 0.05) is 37.9 Å².